The Hall–Kier alpha value is -2.88. The average Bonchev–Trinajstić information content (AvgIpc) is 3.06. The summed E-state index contributed by atoms with van der Waals surface area (Å²) in [6, 6.07) is 0. The Morgan fingerprint density at radius 3 is 2.93 bits per heavy atom. The molecule has 0 saturated carbocycles. The minimum absolute atomic E-state index is 0.102. The molecule has 0 aromatic carbocycles. The molecule has 3 heterocycles. The first kappa shape index (κ1) is 18.9. The highest BCUT2D eigenvalue weighted by atomic mass is 16.6. The van der Waals surface area contributed by atoms with E-state index in [4.69, 9.17) is 9.47 Å². The lowest BCUT2D eigenvalue weighted by Gasteiger charge is -2.35. The number of H-pyrrole nitrogens is 1. The highest BCUT2D eigenvalue weighted by Crippen LogP contribution is 2.30. The largest absolute Gasteiger partial charge is 0.478 e. The summed E-state index contributed by atoms with van der Waals surface area (Å²) in [6.07, 6.45) is 2.06. The molecule has 10 heteroatoms. The maximum Gasteiger partial charge on any atom is 0.407 e. The highest BCUT2D eigenvalue weighted by molar-refractivity contribution is 6.03. The van der Waals surface area contributed by atoms with E-state index in [0.717, 1.165) is 0 Å². The van der Waals surface area contributed by atoms with Crippen LogP contribution in [-0.4, -0.2) is 70.3 Å². The number of aromatic carboxylic acids is 1. The number of aromatic nitrogens is 3. The Kier molecular flexibility index (Phi) is 5.17. The van der Waals surface area contributed by atoms with Crippen LogP contribution in [0.15, 0.2) is 12.4 Å². The van der Waals surface area contributed by atoms with Gasteiger partial charge in [0.05, 0.1) is 30.0 Å². The monoisotopic (exact) mass is 377 g/mol. The van der Waals surface area contributed by atoms with Gasteiger partial charge in [0.25, 0.3) is 0 Å². The third-order valence-electron chi connectivity index (χ3n) is 4.01. The van der Waals surface area contributed by atoms with Gasteiger partial charge in [0.2, 0.25) is 0 Å². The van der Waals surface area contributed by atoms with Crippen molar-refractivity contribution in [1.29, 1.82) is 0 Å². The molecule has 3 rings (SSSR count). The standard InChI is InChI=1S/C17H23N5O5/c1-17(2,3)27-16(25)19-6-10-9-22(4-5-26-10)13-11-8-20-21-14(11)18-7-12(13)15(23)24/h7-8,10H,4-6,9H2,1-3H3,(H,19,25)(H,23,24)(H,18,20,21). The van der Waals surface area contributed by atoms with Crippen molar-refractivity contribution in [2.45, 2.75) is 32.5 Å². The van der Waals surface area contributed by atoms with Crippen LogP contribution in [0.5, 0.6) is 0 Å². The maximum atomic E-state index is 11.8. The fraction of sp³-hybridized carbons (Fsp3) is 0.529. The predicted molar refractivity (Wildman–Crippen MR) is 97.0 cm³/mol. The number of rotatable bonds is 4. The van der Waals surface area contributed by atoms with Gasteiger partial charge in [0, 0.05) is 25.8 Å². The Bertz CT molecular complexity index is 844. The smallest absolute Gasteiger partial charge is 0.407 e. The van der Waals surface area contributed by atoms with Gasteiger partial charge in [0.1, 0.15) is 11.2 Å². The number of aromatic amines is 1. The second-order valence-corrected chi connectivity index (χ2v) is 7.28. The summed E-state index contributed by atoms with van der Waals surface area (Å²) in [6.45, 7) is 6.97. The number of ether oxygens (including phenoxy) is 2. The van der Waals surface area contributed by atoms with Crippen LogP contribution in [0.25, 0.3) is 11.0 Å². The summed E-state index contributed by atoms with van der Waals surface area (Å²) in [4.78, 5) is 29.5. The SMILES string of the molecule is CC(C)(C)OC(=O)NCC1CN(c2c(C(=O)O)cnc3[nH]ncc23)CCO1. The minimum atomic E-state index is -1.06. The zero-order chi connectivity index (χ0) is 19.6. The summed E-state index contributed by atoms with van der Waals surface area (Å²) in [7, 11) is 0. The summed E-state index contributed by atoms with van der Waals surface area (Å²) < 4.78 is 10.9. The molecule has 0 aliphatic carbocycles. The summed E-state index contributed by atoms with van der Waals surface area (Å²) in [5, 5.41) is 19.6. The van der Waals surface area contributed by atoms with Crippen LogP contribution < -0.4 is 10.2 Å². The number of anilines is 1. The predicted octanol–water partition coefficient (Wildman–Crippen LogP) is 1.39. The first-order valence-electron chi connectivity index (χ1n) is 8.63. The lowest BCUT2D eigenvalue weighted by Crippen LogP contribution is -2.48. The van der Waals surface area contributed by atoms with Gasteiger partial charge < -0.3 is 24.8 Å². The van der Waals surface area contributed by atoms with Crippen molar-refractivity contribution in [2.75, 3.05) is 31.1 Å². The van der Waals surface area contributed by atoms with Gasteiger partial charge in [-0.1, -0.05) is 0 Å². The Balaban J connectivity index is 1.74. The fourth-order valence-corrected chi connectivity index (χ4v) is 2.94. The molecule has 3 N–H and O–H groups in total. The molecule has 2 aromatic heterocycles. The number of morpholine rings is 1. The first-order valence-corrected chi connectivity index (χ1v) is 8.63. The molecule has 146 valence electrons. The number of alkyl carbamates (subject to hydrolysis) is 1. The van der Waals surface area contributed by atoms with Gasteiger partial charge in [-0.3, -0.25) is 5.10 Å². The van der Waals surface area contributed by atoms with Crippen molar-refractivity contribution in [3.8, 4) is 0 Å². The van der Waals surface area contributed by atoms with Gasteiger partial charge in [-0.25, -0.2) is 14.6 Å². The highest BCUT2D eigenvalue weighted by Gasteiger charge is 2.27. The van der Waals surface area contributed by atoms with E-state index in [2.05, 4.69) is 20.5 Å². The molecule has 27 heavy (non-hydrogen) atoms. The Labute approximate surface area is 155 Å². The van der Waals surface area contributed by atoms with Crippen LogP contribution in [-0.2, 0) is 9.47 Å². The molecule has 10 nitrogen and oxygen atoms in total. The average molecular weight is 377 g/mol. The Morgan fingerprint density at radius 2 is 2.22 bits per heavy atom. The summed E-state index contributed by atoms with van der Waals surface area (Å²) in [5.74, 6) is -1.06. The van der Waals surface area contributed by atoms with E-state index < -0.39 is 17.7 Å². The van der Waals surface area contributed by atoms with Crippen LogP contribution in [0.3, 0.4) is 0 Å². The van der Waals surface area contributed by atoms with Gasteiger partial charge in [-0.15, -0.1) is 0 Å². The van der Waals surface area contributed by atoms with Crippen molar-refractivity contribution in [1.82, 2.24) is 20.5 Å². The number of nitrogens with one attached hydrogen (secondary N) is 2. The molecular weight excluding hydrogens is 354 g/mol. The molecule has 0 bridgehead atoms. The van der Waals surface area contributed by atoms with Gasteiger partial charge >= 0.3 is 12.1 Å². The molecule has 1 saturated heterocycles. The van der Waals surface area contributed by atoms with E-state index in [1.165, 1.54) is 6.20 Å². The molecule has 1 aliphatic heterocycles. The molecule has 0 radical (unpaired) electrons. The zero-order valence-electron chi connectivity index (χ0n) is 15.5. The molecule has 1 fully saturated rings. The van der Waals surface area contributed by atoms with Gasteiger partial charge in [0.15, 0.2) is 5.65 Å². The third-order valence-corrected chi connectivity index (χ3v) is 4.01. The number of carbonyl (C=O) groups excluding carboxylic acids is 1. The third kappa shape index (κ3) is 4.45. The second-order valence-electron chi connectivity index (χ2n) is 7.28. The van der Waals surface area contributed by atoms with Crippen molar-refractivity contribution >= 4 is 28.8 Å². The van der Waals surface area contributed by atoms with Crippen molar-refractivity contribution < 1.29 is 24.2 Å². The summed E-state index contributed by atoms with van der Waals surface area (Å²) >= 11 is 0. The van der Waals surface area contributed by atoms with E-state index >= 15 is 0 Å². The number of pyridine rings is 1. The molecule has 1 atom stereocenters. The fourth-order valence-electron chi connectivity index (χ4n) is 2.94. The van der Waals surface area contributed by atoms with Crippen LogP contribution in [0.2, 0.25) is 0 Å². The Morgan fingerprint density at radius 1 is 1.44 bits per heavy atom. The molecule has 1 unspecified atom stereocenters. The van der Waals surface area contributed by atoms with E-state index in [1.54, 1.807) is 27.0 Å². The lowest BCUT2D eigenvalue weighted by atomic mass is 10.1. The van der Waals surface area contributed by atoms with E-state index in [1.807, 2.05) is 4.90 Å². The van der Waals surface area contributed by atoms with E-state index in [0.29, 0.717) is 36.4 Å². The topological polar surface area (TPSA) is 130 Å². The van der Waals surface area contributed by atoms with Crippen LogP contribution in [0, 0.1) is 0 Å². The number of fused-ring (bicyclic) bond motifs is 1. The van der Waals surface area contributed by atoms with Crippen molar-refractivity contribution in [2.24, 2.45) is 0 Å². The molecule has 1 amide bonds. The normalized spacial score (nSPS) is 17.7. The quantitative estimate of drug-likeness (QED) is 0.729. The van der Waals surface area contributed by atoms with E-state index in [-0.39, 0.29) is 18.2 Å². The zero-order valence-corrected chi connectivity index (χ0v) is 15.5. The van der Waals surface area contributed by atoms with Crippen LogP contribution in [0.1, 0.15) is 31.1 Å². The molecule has 0 spiro atoms. The van der Waals surface area contributed by atoms with Crippen LogP contribution >= 0.6 is 0 Å². The maximum absolute atomic E-state index is 11.8. The first-order chi connectivity index (χ1) is 12.7. The van der Waals surface area contributed by atoms with Crippen LogP contribution in [0.4, 0.5) is 10.5 Å². The molecule has 1 aliphatic rings. The second kappa shape index (κ2) is 7.39. The number of carbonyl (C=O) groups is 2. The summed E-state index contributed by atoms with van der Waals surface area (Å²) in [5.41, 5.74) is 0.588. The van der Waals surface area contributed by atoms with Gasteiger partial charge in [-0.2, -0.15) is 5.10 Å². The number of carboxylic acids is 1. The van der Waals surface area contributed by atoms with E-state index in [9.17, 15) is 14.7 Å². The number of nitrogens with zero attached hydrogens (tertiary/aromatic N) is 3. The number of hydrogen-bond acceptors (Lipinski definition) is 7. The van der Waals surface area contributed by atoms with Gasteiger partial charge in [-0.05, 0) is 20.8 Å². The molecular formula is C17H23N5O5. The number of amides is 1. The van der Waals surface area contributed by atoms with Crippen molar-refractivity contribution in [3.05, 3.63) is 18.0 Å². The minimum Gasteiger partial charge on any atom is -0.478 e. The number of carboxylic acid groups (broad SMARTS) is 1. The van der Waals surface area contributed by atoms with Crippen molar-refractivity contribution in [3.63, 3.8) is 0 Å². The lowest BCUT2D eigenvalue weighted by molar-refractivity contribution is 0.0283. The molecule has 2 aromatic rings. The number of hydrogen-bond donors (Lipinski definition) is 3.